The lowest BCUT2D eigenvalue weighted by Crippen LogP contribution is -2.28. The van der Waals surface area contributed by atoms with Gasteiger partial charge in [-0.15, -0.1) is 0 Å². The topological polar surface area (TPSA) is 46.6 Å². The van der Waals surface area contributed by atoms with Crippen LogP contribution in [-0.2, 0) is 16.6 Å². The van der Waals surface area contributed by atoms with Gasteiger partial charge in [-0.25, -0.2) is 12.7 Å². The highest BCUT2D eigenvalue weighted by molar-refractivity contribution is 7.89. The van der Waals surface area contributed by atoms with E-state index in [0.717, 1.165) is 16.9 Å². The third kappa shape index (κ3) is 3.71. The number of methoxy groups -OCH3 is 1. The van der Waals surface area contributed by atoms with E-state index in [-0.39, 0.29) is 5.75 Å². The van der Waals surface area contributed by atoms with Crippen LogP contribution in [0.3, 0.4) is 0 Å². The van der Waals surface area contributed by atoms with Gasteiger partial charge < -0.3 is 4.74 Å². The molecule has 0 heterocycles. The van der Waals surface area contributed by atoms with Crippen molar-refractivity contribution in [2.24, 2.45) is 0 Å². The summed E-state index contributed by atoms with van der Waals surface area (Å²) in [5, 5.41) is 0. The maximum Gasteiger partial charge on any atom is 0.214 e. The molecule has 0 aromatic heterocycles. The molecule has 0 fully saturated rings. The highest BCUT2D eigenvalue weighted by Gasteiger charge is 2.18. The second-order valence-corrected chi connectivity index (χ2v) is 6.58. The van der Waals surface area contributed by atoms with Crippen LogP contribution in [0.5, 0.6) is 5.75 Å². The molecule has 0 aliphatic rings. The van der Waals surface area contributed by atoms with Gasteiger partial charge >= 0.3 is 0 Å². The molecule has 0 radical (unpaired) electrons. The van der Waals surface area contributed by atoms with Gasteiger partial charge in [0, 0.05) is 19.2 Å². The van der Waals surface area contributed by atoms with E-state index in [1.165, 1.54) is 4.31 Å². The minimum Gasteiger partial charge on any atom is -0.496 e. The number of nitrogens with zero attached hydrogens (tertiary/aromatic N) is 1. The normalized spacial score (nSPS) is 11.8. The minimum atomic E-state index is -3.17. The molecule has 0 amide bonds. The molecule has 0 saturated heterocycles. The van der Waals surface area contributed by atoms with Gasteiger partial charge in [-0.3, -0.25) is 0 Å². The molecule has 0 N–H and O–H groups in total. The molecule has 18 heavy (non-hydrogen) atoms. The van der Waals surface area contributed by atoms with Gasteiger partial charge in [0.15, 0.2) is 0 Å². The van der Waals surface area contributed by atoms with Crippen molar-refractivity contribution < 1.29 is 13.2 Å². The summed E-state index contributed by atoms with van der Waals surface area (Å²) < 4.78 is 30.4. The zero-order valence-electron chi connectivity index (χ0n) is 11.4. The molecule has 0 aliphatic carbocycles. The Bertz CT molecular complexity index is 497. The Balaban J connectivity index is 2.94. The Morgan fingerprint density at radius 2 is 2.00 bits per heavy atom. The minimum absolute atomic E-state index is 0.178. The summed E-state index contributed by atoms with van der Waals surface area (Å²) in [6, 6.07) is 5.77. The monoisotopic (exact) mass is 271 g/mol. The largest absolute Gasteiger partial charge is 0.496 e. The summed E-state index contributed by atoms with van der Waals surface area (Å²) in [6.07, 6.45) is 0.623. The maximum atomic E-state index is 11.9. The van der Waals surface area contributed by atoms with E-state index >= 15 is 0 Å². The third-order valence-electron chi connectivity index (χ3n) is 2.77. The molecule has 0 saturated carbocycles. The molecule has 1 rings (SSSR count). The Morgan fingerprint density at radius 3 is 2.56 bits per heavy atom. The van der Waals surface area contributed by atoms with Gasteiger partial charge in [-0.2, -0.15) is 0 Å². The maximum absolute atomic E-state index is 11.9. The second-order valence-electron chi connectivity index (χ2n) is 4.39. The molecular formula is C13H21NO3S. The molecular weight excluding hydrogens is 250 g/mol. The van der Waals surface area contributed by atoms with Crippen LogP contribution in [-0.4, -0.2) is 32.6 Å². The van der Waals surface area contributed by atoms with Crippen molar-refractivity contribution in [3.8, 4) is 5.75 Å². The van der Waals surface area contributed by atoms with Gasteiger partial charge in [-0.1, -0.05) is 24.6 Å². The molecule has 1 aromatic rings. The lowest BCUT2D eigenvalue weighted by molar-refractivity contribution is 0.398. The number of ether oxygens (including phenoxy) is 1. The Labute approximate surface area is 110 Å². The van der Waals surface area contributed by atoms with Gasteiger partial charge in [0.2, 0.25) is 10.0 Å². The summed E-state index contributed by atoms with van der Waals surface area (Å²) >= 11 is 0. The molecule has 0 bridgehead atoms. The lowest BCUT2D eigenvalue weighted by Gasteiger charge is -2.18. The van der Waals surface area contributed by atoms with Crippen LogP contribution >= 0.6 is 0 Å². The van der Waals surface area contributed by atoms with E-state index in [9.17, 15) is 8.42 Å². The molecule has 0 aliphatic heterocycles. The summed E-state index contributed by atoms with van der Waals surface area (Å²) in [5.74, 6) is 0.900. The van der Waals surface area contributed by atoms with Crippen LogP contribution in [0.4, 0.5) is 0 Å². The SMILES string of the molecule is CCCS(=O)(=O)N(C)Cc1cc(C)ccc1OC. The average molecular weight is 271 g/mol. The van der Waals surface area contributed by atoms with Gasteiger partial charge in [0.05, 0.1) is 12.9 Å². The predicted molar refractivity (Wildman–Crippen MR) is 73.3 cm³/mol. The van der Waals surface area contributed by atoms with Crippen LogP contribution in [0.1, 0.15) is 24.5 Å². The van der Waals surface area contributed by atoms with Crippen molar-refractivity contribution in [1.29, 1.82) is 0 Å². The number of rotatable bonds is 6. The van der Waals surface area contributed by atoms with Gasteiger partial charge in [0.1, 0.15) is 5.75 Å². The van der Waals surface area contributed by atoms with Crippen molar-refractivity contribution in [1.82, 2.24) is 4.31 Å². The zero-order chi connectivity index (χ0) is 13.8. The molecule has 102 valence electrons. The number of hydrogen-bond acceptors (Lipinski definition) is 3. The van der Waals surface area contributed by atoms with Crippen LogP contribution in [0, 0.1) is 6.92 Å². The fourth-order valence-corrected chi connectivity index (χ4v) is 2.95. The molecule has 0 unspecified atom stereocenters. The van der Waals surface area contributed by atoms with E-state index in [1.807, 2.05) is 32.0 Å². The standard InChI is InChI=1S/C13H21NO3S/c1-5-8-18(15,16)14(3)10-12-9-11(2)6-7-13(12)17-4/h6-7,9H,5,8,10H2,1-4H3. The summed E-state index contributed by atoms with van der Waals surface area (Å²) in [6.45, 7) is 4.18. The number of aryl methyl sites for hydroxylation is 1. The molecule has 4 nitrogen and oxygen atoms in total. The number of sulfonamides is 1. The van der Waals surface area contributed by atoms with E-state index in [2.05, 4.69) is 0 Å². The van der Waals surface area contributed by atoms with Gasteiger partial charge in [-0.05, 0) is 19.4 Å². The van der Waals surface area contributed by atoms with E-state index < -0.39 is 10.0 Å². The molecule has 5 heteroatoms. The average Bonchev–Trinajstić information content (AvgIpc) is 2.29. The van der Waals surface area contributed by atoms with E-state index in [0.29, 0.717) is 13.0 Å². The van der Waals surface area contributed by atoms with Crippen LogP contribution in [0.25, 0.3) is 0 Å². The molecule has 0 atom stereocenters. The first-order valence-electron chi connectivity index (χ1n) is 5.98. The summed E-state index contributed by atoms with van der Waals surface area (Å²) in [4.78, 5) is 0. The highest BCUT2D eigenvalue weighted by Crippen LogP contribution is 2.22. The fraction of sp³-hybridized carbons (Fsp3) is 0.538. The summed E-state index contributed by atoms with van der Waals surface area (Å²) in [5.41, 5.74) is 1.98. The van der Waals surface area contributed by atoms with Crippen molar-refractivity contribution in [3.63, 3.8) is 0 Å². The van der Waals surface area contributed by atoms with Crippen LogP contribution in [0.2, 0.25) is 0 Å². The Morgan fingerprint density at radius 1 is 1.33 bits per heavy atom. The van der Waals surface area contributed by atoms with Gasteiger partial charge in [0.25, 0.3) is 0 Å². The highest BCUT2D eigenvalue weighted by atomic mass is 32.2. The Kier molecular flexibility index (Phi) is 5.16. The fourth-order valence-electron chi connectivity index (χ4n) is 1.78. The molecule has 1 aromatic carbocycles. The van der Waals surface area contributed by atoms with Crippen molar-refractivity contribution >= 4 is 10.0 Å². The number of benzene rings is 1. The third-order valence-corrected chi connectivity index (χ3v) is 4.77. The first-order chi connectivity index (χ1) is 8.40. The lowest BCUT2D eigenvalue weighted by atomic mass is 10.1. The number of hydrogen-bond donors (Lipinski definition) is 0. The van der Waals surface area contributed by atoms with E-state index in [4.69, 9.17) is 4.74 Å². The van der Waals surface area contributed by atoms with E-state index in [1.54, 1.807) is 14.2 Å². The quantitative estimate of drug-likeness (QED) is 0.796. The first-order valence-corrected chi connectivity index (χ1v) is 7.59. The smallest absolute Gasteiger partial charge is 0.214 e. The second kappa shape index (κ2) is 6.20. The summed E-state index contributed by atoms with van der Waals surface area (Å²) in [7, 11) is 0.0273. The van der Waals surface area contributed by atoms with Crippen molar-refractivity contribution in [3.05, 3.63) is 29.3 Å². The van der Waals surface area contributed by atoms with Crippen LogP contribution in [0.15, 0.2) is 18.2 Å². The molecule has 0 spiro atoms. The van der Waals surface area contributed by atoms with Crippen LogP contribution < -0.4 is 4.74 Å². The van der Waals surface area contributed by atoms with Crippen molar-refractivity contribution in [2.45, 2.75) is 26.8 Å². The Hall–Kier alpha value is -1.07. The predicted octanol–water partition coefficient (Wildman–Crippen LogP) is 2.18. The first kappa shape index (κ1) is 15.0. The van der Waals surface area contributed by atoms with Crippen molar-refractivity contribution in [2.75, 3.05) is 19.9 Å². The zero-order valence-corrected chi connectivity index (χ0v) is 12.3.